The van der Waals surface area contributed by atoms with Gasteiger partial charge in [-0.1, -0.05) is 49.9 Å². The smallest absolute Gasteiger partial charge is 0.341 e. The van der Waals surface area contributed by atoms with Gasteiger partial charge in [-0.2, -0.15) is 0 Å². The van der Waals surface area contributed by atoms with Gasteiger partial charge in [-0.25, -0.2) is 4.79 Å². The van der Waals surface area contributed by atoms with Crippen LogP contribution in [0.3, 0.4) is 0 Å². The summed E-state index contributed by atoms with van der Waals surface area (Å²) in [6.07, 6.45) is -0.333. The van der Waals surface area contributed by atoms with Crippen molar-refractivity contribution in [2.24, 2.45) is 0 Å². The van der Waals surface area contributed by atoms with Crippen molar-refractivity contribution in [3.05, 3.63) is 70.9 Å². The monoisotopic (exact) mass is 594 g/mol. The Labute approximate surface area is 248 Å². The van der Waals surface area contributed by atoms with Gasteiger partial charge in [0.05, 0.1) is 20.0 Å². The van der Waals surface area contributed by atoms with E-state index in [-0.39, 0.29) is 17.8 Å². The lowest BCUT2D eigenvalue weighted by Crippen LogP contribution is -2.17. The molecule has 1 atom stereocenters. The number of thioether (sulfide) groups is 1. The molecule has 1 amide bonds. The van der Waals surface area contributed by atoms with Gasteiger partial charge in [-0.3, -0.25) is 4.79 Å². The maximum atomic E-state index is 13.0. The van der Waals surface area contributed by atoms with Crippen molar-refractivity contribution < 1.29 is 23.8 Å². The van der Waals surface area contributed by atoms with E-state index < -0.39 is 5.97 Å². The number of nitrogens with one attached hydrogen (secondary N) is 1. The molecule has 2 heterocycles. The molecule has 2 aromatic heterocycles. The molecule has 4 rings (SSSR count). The molecule has 2 aromatic carbocycles. The van der Waals surface area contributed by atoms with E-state index in [0.717, 1.165) is 11.3 Å². The molecule has 0 aliphatic carbocycles. The summed E-state index contributed by atoms with van der Waals surface area (Å²) >= 11 is 2.54. The van der Waals surface area contributed by atoms with Crippen LogP contribution in [0.1, 0.15) is 61.5 Å². The molecule has 0 spiro atoms. The first-order valence-corrected chi connectivity index (χ1v) is 15.1. The fraction of sp³-hybridized carbons (Fsp3) is 0.333. The van der Waals surface area contributed by atoms with Gasteiger partial charge in [-0.15, -0.1) is 21.5 Å². The van der Waals surface area contributed by atoms with Gasteiger partial charge in [-0.05, 0) is 55.2 Å². The number of benzene rings is 2. The molecule has 41 heavy (non-hydrogen) atoms. The zero-order chi connectivity index (χ0) is 29.5. The molecule has 11 heteroatoms. The highest BCUT2D eigenvalue weighted by atomic mass is 32.2. The van der Waals surface area contributed by atoms with Crippen LogP contribution in [0.15, 0.2) is 59.1 Å². The van der Waals surface area contributed by atoms with E-state index in [0.29, 0.717) is 45.3 Å². The summed E-state index contributed by atoms with van der Waals surface area (Å²) in [4.78, 5) is 25.6. The third-order valence-electron chi connectivity index (χ3n) is 6.45. The summed E-state index contributed by atoms with van der Waals surface area (Å²) in [5.41, 5.74) is 3.05. The lowest BCUT2D eigenvalue weighted by molar-refractivity contribution is -0.113. The number of ether oxygens (including phenoxy) is 3. The lowest BCUT2D eigenvalue weighted by Gasteiger charge is -2.16. The van der Waals surface area contributed by atoms with Gasteiger partial charge in [0.25, 0.3) is 0 Å². The minimum absolute atomic E-state index is 0.0837. The molecule has 0 saturated carbocycles. The van der Waals surface area contributed by atoms with Crippen LogP contribution < -0.4 is 14.8 Å². The van der Waals surface area contributed by atoms with Gasteiger partial charge in [0.1, 0.15) is 22.1 Å². The maximum absolute atomic E-state index is 13.0. The molecule has 216 valence electrons. The van der Waals surface area contributed by atoms with Crippen LogP contribution in [0.5, 0.6) is 11.5 Å². The molecular weight excluding hydrogens is 560 g/mol. The largest absolute Gasteiger partial charge is 0.497 e. The van der Waals surface area contributed by atoms with Crippen LogP contribution in [-0.4, -0.2) is 46.6 Å². The highest BCUT2D eigenvalue weighted by Gasteiger charge is 2.24. The first kappa shape index (κ1) is 30.1. The van der Waals surface area contributed by atoms with E-state index >= 15 is 0 Å². The molecule has 1 N–H and O–H groups in total. The molecular formula is C30H34N4O5S2. The number of carbonyl (C=O) groups excluding carboxylic acids is 2. The fourth-order valence-electron chi connectivity index (χ4n) is 4.22. The Bertz CT molecular complexity index is 1480. The van der Waals surface area contributed by atoms with E-state index in [1.165, 1.54) is 35.8 Å². The standard InChI is InChI=1S/C30H34N4O5S2/c1-7-34-27(19(4)39-23-14-8-20(9-15-23)18(2)3)32-33-30(34)41-17-25(35)31-28-26(29(36)38-6)24(16-40-28)21-10-12-22(37-5)13-11-21/h8-16,18-19H,7,17H2,1-6H3,(H,31,35). The second-order valence-electron chi connectivity index (χ2n) is 9.48. The number of hydrogen-bond donors (Lipinski definition) is 1. The zero-order valence-electron chi connectivity index (χ0n) is 24.0. The number of amides is 1. The molecule has 0 aliphatic heterocycles. The highest BCUT2D eigenvalue weighted by Crippen LogP contribution is 2.37. The highest BCUT2D eigenvalue weighted by molar-refractivity contribution is 7.99. The third kappa shape index (κ3) is 7.09. The van der Waals surface area contributed by atoms with E-state index in [1.807, 2.05) is 60.2 Å². The maximum Gasteiger partial charge on any atom is 0.341 e. The topological polar surface area (TPSA) is 105 Å². The first-order valence-electron chi connectivity index (χ1n) is 13.2. The predicted octanol–water partition coefficient (Wildman–Crippen LogP) is 6.82. The molecule has 9 nitrogen and oxygen atoms in total. The van der Waals surface area contributed by atoms with Gasteiger partial charge in [0.2, 0.25) is 5.91 Å². The Kier molecular flexibility index (Phi) is 10.1. The quantitative estimate of drug-likeness (QED) is 0.141. The van der Waals surface area contributed by atoms with Crippen molar-refractivity contribution in [1.29, 1.82) is 0 Å². The Morgan fingerprint density at radius 2 is 1.68 bits per heavy atom. The van der Waals surface area contributed by atoms with Gasteiger partial charge in [0, 0.05) is 17.5 Å². The van der Waals surface area contributed by atoms with Gasteiger partial charge < -0.3 is 24.1 Å². The molecule has 0 saturated heterocycles. The van der Waals surface area contributed by atoms with Crippen molar-refractivity contribution >= 4 is 40.0 Å². The summed E-state index contributed by atoms with van der Waals surface area (Å²) in [6.45, 7) is 8.85. The summed E-state index contributed by atoms with van der Waals surface area (Å²) in [7, 11) is 2.91. The molecule has 0 radical (unpaired) electrons. The number of methoxy groups -OCH3 is 2. The average molecular weight is 595 g/mol. The summed E-state index contributed by atoms with van der Waals surface area (Å²) in [5.74, 6) is 1.88. The minimum atomic E-state index is -0.525. The Morgan fingerprint density at radius 3 is 2.29 bits per heavy atom. The van der Waals surface area contributed by atoms with Crippen molar-refractivity contribution in [3.8, 4) is 22.6 Å². The number of esters is 1. The zero-order valence-corrected chi connectivity index (χ0v) is 25.6. The van der Waals surface area contributed by atoms with E-state index in [4.69, 9.17) is 14.2 Å². The van der Waals surface area contributed by atoms with Crippen molar-refractivity contribution in [1.82, 2.24) is 14.8 Å². The van der Waals surface area contributed by atoms with Crippen LogP contribution in [0.2, 0.25) is 0 Å². The third-order valence-corrected chi connectivity index (χ3v) is 8.31. The lowest BCUT2D eigenvalue weighted by atomic mass is 10.0. The van der Waals surface area contributed by atoms with Crippen molar-refractivity contribution in [2.75, 3.05) is 25.3 Å². The molecule has 1 unspecified atom stereocenters. The number of thiophene rings is 1. The first-order chi connectivity index (χ1) is 19.7. The summed E-state index contributed by atoms with van der Waals surface area (Å²) < 4.78 is 18.3. The van der Waals surface area contributed by atoms with Crippen LogP contribution >= 0.6 is 23.1 Å². The number of aromatic nitrogens is 3. The van der Waals surface area contributed by atoms with E-state index in [1.54, 1.807) is 7.11 Å². The minimum Gasteiger partial charge on any atom is -0.497 e. The van der Waals surface area contributed by atoms with Crippen molar-refractivity contribution in [3.63, 3.8) is 0 Å². The number of hydrogen-bond acceptors (Lipinski definition) is 9. The number of carbonyl (C=O) groups is 2. The Hall–Kier alpha value is -3.83. The summed E-state index contributed by atoms with van der Waals surface area (Å²) in [6, 6.07) is 15.4. The van der Waals surface area contributed by atoms with E-state index in [2.05, 4.69) is 41.5 Å². The van der Waals surface area contributed by atoms with Gasteiger partial charge in [0.15, 0.2) is 17.1 Å². The number of anilines is 1. The average Bonchev–Trinajstić information content (AvgIpc) is 3.60. The van der Waals surface area contributed by atoms with Gasteiger partial charge >= 0.3 is 5.97 Å². The molecule has 4 aromatic rings. The Morgan fingerprint density at radius 1 is 1.00 bits per heavy atom. The molecule has 0 bridgehead atoms. The predicted molar refractivity (Wildman–Crippen MR) is 162 cm³/mol. The number of rotatable bonds is 12. The normalized spacial score (nSPS) is 11.8. The number of nitrogens with zero attached hydrogens (tertiary/aromatic N) is 3. The Balaban J connectivity index is 1.43. The fourth-order valence-corrected chi connectivity index (χ4v) is 6.01. The van der Waals surface area contributed by atoms with Crippen molar-refractivity contribution in [2.45, 2.75) is 51.4 Å². The summed E-state index contributed by atoms with van der Waals surface area (Å²) in [5, 5.41) is 14.4. The molecule has 0 fully saturated rings. The second kappa shape index (κ2) is 13.7. The van der Waals surface area contributed by atoms with Crippen LogP contribution in [0.4, 0.5) is 5.00 Å². The van der Waals surface area contributed by atoms with Crippen LogP contribution in [0.25, 0.3) is 11.1 Å². The van der Waals surface area contributed by atoms with Crippen LogP contribution in [0, 0.1) is 0 Å². The SMILES string of the molecule is CCn1c(SCC(=O)Nc2scc(-c3ccc(OC)cc3)c2C(=O)OC)nnc1C(C)Oc1ccc(C(C)C)cc1. The molecule has 0 aliphatic rings. The second-order valence-corrected chi connectivity index (χ2v) is 11.3. The van der Waals surface area contributed by atoms with Crippen LogP contribution in [-0.2, 0) is 16.1 Å². The van der Waals surface area contributed by atoms with E-state index in [9.17, 15) is 9.59 Å².